The van der Waals surface area contributed by atoms with Crippen LogP contribution in [0.5, 0.6) is 0 Å². The van der Waals surface area contributed by atoms with Crippen molar-refractivity contribution < 1.29 is 0 Å². The fourth-order valence-corrected chi connectivity index (χ4v) is 0.616. The predicted octanol–water partition coefficient (Wildman–Crippen LogP) is 1.57. The molecular weight excluding hydrogens is 110 g/mol. The van der Waals surface area contributed by atoms with Crippen LogP contribution in [-0.2, 0) is 0 Å². The van der Waals surface area contributed by atoms with Crippen molar-refractivity contribution in [3.05, 3.63) is 0 Å². The van der Waals surface area contributed by atoms with Crippen molar-refractivity contribution in [1.82, 2.24) is 5.32 Å². The number of alkyl halides is 1. The maximum Gasteiger partial charge on any atom is 0.0822 e. The molecule has 1 unspecified atom stereocenters. The molecule has 1 N–H and O–H groups in total. The topological polar surface area (TPSA) is 12.0 Å². The second-order valence-electron chi connectivity index (χ2n) is 1.54. The Hall–Kier alpha value is 0.250. The van der Waals surface area contributed by atoms with E-state index in [0.717, 1.165) is 12.8 Å². The summed E-state index contributed by atoms with van der Waals surface area (Å²) in [5, 5.41) is 2.93. The molecule has 1 atom stereocenters. The molecule has 1 nitrogen and oxygen atoms in total. The third-order valence-electron chi connectivity index (χ3n) is 0.855. The van der Waals surface area contributed by atoms with Gasteiger partial charge in [-0.2, -0.15) is 0 Å². The van der Waals surface area contributed by atoms with Crippen LogP contribution in [0, 0.1) is 0 Å². The number of nitrogens with one attached hydrogen (secondary N) is 1. The zero-order valence-electron chi connectivity index (χ0n) is 4.87. The van der Waals surface area contributed by atoms with Gasteiger partial charge in [0.1, 0.15) is 0 Å². The van der Waals surface area contributed by atoms with Crippen LogP contribution in [0.25, 0.3) is 0 Å². The normalized spacial score (nSPS) is 14.1. The van der Waals surface area contributed by atoms with Gasteiger partial charge in [0.15, 0.2) is 0 Å². The molecule has 0 bridgehead atoms. The summed E-state index contributed by atoms with van der Waals surface area (Å²) in [6.45, 7) is 2.12. The van der Waals surface area contributed by atoms with E-state index >= 15 is 0 Å². The van der Waals surface area contributed by atoms with Crippen LogP contribution in [0.3, 0.4) is 0 Å². The van der Waals surface area contributed by atoms with E-state index in [9.17, 15) is 0 Å². The lowest BCUT2D eigenvalue weighted by atomic mass is 10.3. The van der Waals surface area contributed by atoms with Gasteiger partial charge in [0.2, 0.25) is 0 Å². The van der Waals surface area contributed by atoms with Crippen molar-refractivity contribution in [2.24, 2.45) is 0 Å². The van der Waals surface area contributed by atoms with E-state index in [0.29, 0.717) is 0 Å². The predicted molar refractivity (Wildman–Crippen MR) is 33.6 cm³/mol. The van der Waals surface area contributed by atoms with Crippen LogP contribution in [-0.4, -0.2) is 12.5 Å². The first kappa shape index (κ1) is 7.25. The van der Waals surface area contributed by atoms with Gasteiger partial charge in [0, 0.05) is 0 Å². The molecule has 0 saturated carbocycles. The highest BCUT2D eigenvalue weighted by atomic mass is 35.5. The summed E-state index contributed by atoms with van der Waals surface area (Å²) in [6.07, 6.45) is 2.20. The van der Waals surface area contributed by atoms with Crippen molar-refractivity contribution in [2.75, 3.05) is 7.05 Å². The molecule has 0 aliphatic heterocycles. The Morgan fingerprint density at radius 3 is 2.43 bits per heavy atom. The SMILES string of the molecule is CCCC(Cl)NC. The molecule has 0 aromatic carbocycles. The summed E-state index contributed by atoms with van der Waals surface area (Å²) >= 11 is 5.65. The smallest absolute Gasteiger partial charge is 0.0822 e. The zero-order valence-corrected chi connectivity index (χ0v) is 5.63. The van der Waals surface area contributed by atoms with Gasteiger partial charge < -0.3 is 5.32 Å². The molecule has 0 amide bonds. The van der Waals surface area contributed by atoms with Gasteiger partial charge in [0.05, 0.1) is 5.50 Å². The van der Waals surface area contributed by atoms with E-state index in [1.54, 1.807) is 0 Å². The van der Waals surface area contributed by atoms with Gasteiger partial charge in [0.25, 0.3) is 0 Å². The fraction of sp³-hybridized carbons (Fsp3) is 1.00. The Bertz CT molecular complexity index is 39.1. The summed E-state index contributed by atoms with van der Waals surface area (Å²) in [7, 11) is 1.87. The van der Waals surface area contributed by atoms with Crippen LogP contribution >= 0.6 is 11.6 Å². The van der Waals surface area contributed by atoms with Crippen molar-refractivity contribution >= 4 is 11.6 Å². The first-order valence-electron chi connectivity index (χ1n) is 2.62. The van der Waals surface area contributed by atoms with E-state index in [1.165, 1.54) is 0 Å². The summed E-state index contributed by atoms with van der Waals surface area (Å²) in [6, 6.07) is 0. The summed E-state index contributed by atoms with van der Waals surface area (Å²) < 4.78 is 0. The van der Waals surface area contributed by atoms with E-state index in [1.807, 2.05) is 7.05 Å². The number of hydrogen-bond donors (Lipinski definition) is 1. The molecule has 2 heteroatoms. The van der Waals surface area contributed by atoms with Crippen molar-refractivity contribution in [2.45, 2.75) is 25.3 Å². The Kier molecular flexibility index (Phi) is 4.57. The van der Waals surface area contributed by atoms with Gasteiger partial charge in [-0.1, -0.05) is 13.3 Å². The Morgan fingerprint density at radius 2 is 2.29 bits per heavy atom. The van der Waals surface area contributed by atoms with Gasteiger partial charge in [-0.05, 0) is 13.5 Å². The van der Waals surface area contributed by atoms with Gasteiger partial charge in [-0.15, -0.1) is 11.6 Å². The van der Waals surface area contributed by atoms with Crippen LogP contribution in [0.4, 0.5) is 0 Å². The standard InChI is InChI=1S/C5H12ClN/c1-3-4-5(6)7-2/h5,7H,3-4H2,1-2H3. The largest absolute Gasteiger partial charge is 0.304 e. The summed E-state index contributed by atoms with van der Waals surface area (Å²) in [4.78, 5) is 0. The van der Waals surface area contributed by atoms with Crippen molar-refractivity contribution in [1.29, 1.82) is 0 Å². The Balaban J connectivity index is 2.83. The van der Waals surface area contributed by atoms with Crippen LogP contribution < -0.4 is 5.32 Å². The Labute approximate surface area is 50.1 Å². The number of hydrogen-bond acceptors (Lipinski definition) is 1. The van der Waals surface area contributed by atoms with E-state index in [-0.39, 0.29) is 5.50 Å². The van der Waals surface area contributed by atoms with Gasteiger partial charge in [-0.25, -0.2) is 0 Å². The monoisotopic (exact) mass is 121 g/mol. The average molecular weight is 122 g/mol. The highest BCUT2D eigenvalue weighted by Gasteiger charge is 1.94. The van der Waals surface area contributed by atoms with E-state index in [2.05, 4.69) is 12.2 Å². The van der Waals surface area contributed by atoms with E-state index < -0.39 is 0 Å². The molecule has 0 radical (unpaired) electrons. The number of rotatable bonds is 3. The molecule has 0 aromatic heterocycles. The Morgan fingerprint density at radius 1 is 1.71 bits per heavy atom. The molecule has 0 aliphatic rings. The first-order chi connectivity index (χ1) is 3.31. The molecule has 0 aliphatic carbocycles. The van der Waals surface area contributed by atoms with Gasteiger partial charge >= 0.3 is 0 Å². The molecule has 44 valence electrons. The first-order valence-corrected chi connectivity index (χ1v) is 3.06. The molecule has 0 spiro atoms. The summed E-state index contributed by atoms with van der Waals surface area (Å²) in [5.41, 5.74) is 0.171. The molecule has 0 aromatic rings. The molecule has 0 saturated heterocycles. The quantitative estimate of drug-likeness (QED) is 0.442. The third-order valence-corrected chi connectivity index (χ3v) is 1.29. The molecule has 0 fully saturated rings. The average Bonchev–Trinajstić information content (AvgIpc) is 1.68. The van der Waals surface area contributed by atoms with Crippen LogP contribution in [0.2, 0.25) is 0 Å². The summed E-state index contributed by atoms with van der Waals surface area (Å²) in [5.74, 6) is 0. The highest BCUT2D eigenvalue weighted by molar-refractivity contribution is 6.20. The van der Waals surface area contributed by atoms with E-state index in [4.69, 9.17) is 11.6 Å². The fourth-order valence-electron chi connectivity index (χ4n) is 0.398. The maximum absolute atomic E-state index is 5.65. The molecule has 7 heavy (non-hydrogen) atoms. The lowest BCUT2D eigenvalue weighted by molar-refractivity contribution is 0.656. The van der Waals surface area contributed by atoms with Crippen LogP contribution in [0.1, 0.15) is 19.8 Å². The minimum absolute atomic E-state index is 0.171. The molecular formula is C5H12ClN. The third kappa shape index (κ3) is 4.10. The maximum atomic E-state index is 5.65. The highest BCUT2D eigenvalue weighted by Crippen LogP contribution is 1.98. The zero-order chi connectivity index (χ0) is 5.70. The lowest BCUT2D eigenvalue weighted by Gasteiger charge is -2.02. The second-order valence-corrected chi connectivity index (χ2v) is 2.07. The minimum atomic E-state index is 0.171. The van der Waals surface area contributed by atoms with Crippen molar-refractivity contribution in [3.63, 3.8) is 0 Å². The number of halogens is 1. The van der Waals surface area contributed by atoms with Crippen molar-refractivity contribution in [3.8, 4) is 0 Å². The van der Waals surface area contributed by atoms with Crippen LogP contribution in [0.15, 0.2) is 0 Å². The molecule has 0 rings (SSSR count). The van der Waals surface area contributed by atoms with Gasteiger partial charge in [-0.3, -0.25) is 0 Å². The minimum Gasteiger partial charge on any atom is -0.304 e. The molecule has 0 heterocycles. The second kappa shape index (κ2) is 4.41. The lowest BCUT2D eigenvalue weighted by Crippen LogP contribution is -2.17.